The molecule has 1 heterocycles. The molecule has 0 saturated heterocycles. The van der Waals surface area contributed by atoms with E-state index in [1.165, 1.54) is 0 Å². The number of carbonyl (C=O) groups excluding carboxylic acids is 1. The molecule has 2 aromatic carbocycles. The summed E-state index contributed by atoms with van der Waals surface area (Å²) in [6, 6.07) is 19.0. The van der Waals surface area contributed by atoms with E-state index >= 15 is 0 Å². The summed E-state index contributed by atoms with van der Waals surface area (Å²) in [4.78, 5) is 12.6. The number of para-hydroxylation sites is 1. The van der Waals surface area contributed by atoms with Gasteiger partial charge in [0.1, 0.15) is 0 Å². The summed E-state index contributed by atoms with van der Waals surface area (Å²) in [5.74, 6) is 2.62. The lowest BCUT2D eigenvalue weighted by atomic mass is 10.1. The van der Waals surface area contributed by atoms with E-state index in [1.54, 1.807) is 0 Å². The van der Waals surface area contributed by atoms with Crippen molar-refractivity contribution in [3.8, 4) is 12.3 Å². The first-order valence-electron chi connectivity index (χ1n) is 6.43. The van der Waals surface area contributed by atoms with Crippen molar-refractivity contribution in [1.29, 1.82) is 0 Å². The molecule has 2 nitrogen and oxygen atoms in total. The third kappa shape index (κ3) is 2.00. The van der Waals surface area contributed by atoms with Gasteiger partial charge in [0.2, 0.25) is 5.78 Å². The zero-order valence-corrected chi connectivity index (χ0v) is 10.9. The van der Waals surface area contributed by atoms with Gasteiger partial charge in [0.05, 0.1) is 12.2 Å². The van der Waals surface area contributed by atoms with Gasteiger partial charge in [0.25, 0.3) is 0 Å². The lowest BCUT2D eigenvalue weighted by Gasteiger charge is -2.06. The SMILES string of the molecule is C#CCn1c(C(=O)c2ccccc2)cc2ccccc21. The molecule has 0 unspecified atom stereocenters. The van der Waals surface area contributed by atoms with E-state index in [1.807, 2.05) is 65.2 Å². The zero-order chi connectivity index (χ0) is 13.9. The average Bonchev–Trinajstić information content (AvgIpc) is 2.87. The van der Waals surface area contributed by atoms with Crippen molar-refractivity contribution in [2.24, 2.45) is 0 Å². The van der Waals surface area contributed by atoms with Gasteiger partial charge in [-0.2, -0.15) is 0 Å². The van der Waals surface area contributed by atoms with Gasteiger partial charge in [-0.05, 0) is 12.1 Å². The van der Waals surface area contributed by atoms with Crippen LogP contribution < -0.4 is 0 Å². The number of hydrogen-bond donors (Lipinski definition) is 0. The lowest BCUT2D eigenvalue weighted by molar-refractivity contribution is 0.103. The molecular weight excluding hydrogens is 246 g/mol. The number of rotatable bonds is 3. The fraction of sp³-hybridized carbons (Fsp3) is 0.0556. The highest BCUT2D eigenvalue weighted by Gasteiger charge is 2.16. The summed E-state index contributed by atoms with van der Waals surface area (Å²) in [5.41, 5.74) is 2.30. The first kappa shape index (κ1) is 12.3. The molecule has 0 saturated carbocycles. The number of ketones is 1. The molecular formula is C18H13NO. The number of carbonyl (C=O) groups is 1. The van der Waals surface area contributed by atoms with Gasteiger partial charge < -0.3 is 4.57 Å². The Morgan fingerprint density at radius 1 is 1.05 bits per heavy atom. The summed E-state index contributed by atoms with van der Waals surface area (Å²) in [7, 11) is 0. The van der Waals surface area contributed by atoms with Crippen LogP contribution in [0.1, 0.15) is 16.1 Å². The minimum atomic E-state index is -0.00273. The van der Waals surface area contributed by atoms with Crippen molar-refractivity contribution in [2.45, 2.75) is 6.54 Å². The van der Waals surface area contributed by atoms with E-state index in [2.05, 4.69) is 5.92 Å². The molecule has 3 aromatic rings. The summed E-state index contributed by atoms with van der Waals surface area (Å²) in [6.45, 7) is 0.390. The van der Waals surface area contributed by atoms with Crippen molar-refractivity contribution in [3.63, 3.8) is 0 Å². The smallest absolute Gasteiger partial charge is 0.209 e. The lowest BCUT2D eigenvalue weighted by Crippen LogP contribution is -2.09. The third-order valence-electron chi connectivity index (χ3n) is 3.33. The van der Waals surface area contributed by atoms with E-state index in [0.717, 1.165) is 10.9 Å². The van der Waals surface area contributed by atoms with Crippen molar-refractivity contribution < 1.29 is 4.79 Å². The van der Waals surface area contributed by atoms with Crippen molar-refractivity contribution in [3.05, 3.63) is 71.9 Å². The first-order valence-corrected chi connectivity index (χ1v) is 6.43. The van der Waals surface area contributed by atoms with Gasteiger partial charge in [-0.15, -0.1) is 6.42 Å². The van der Waals surface area contributed by atoms with Crippen LogP contribution >= 0.6 is 0 Å². The second kappa shape index (κ2) is 5.07. The van der Waals surface area contributed by atoms with Crippen LogP contribution in [0.2, 0.25) is 0 Å². The Hall–Kier alpha value is -2.79. The first-order chi connectivity index (χ1) is 9.81. The maximum Gasteiger partial charge on any atom is 0.209 e. The zero-order valence-electron chi connectivity index (χ0n) is 10.9. The predicted molar refractivity (Wildman–Crippen MR) is 80.6 cm³/mol. The predicted octanol–water partition coefficient (Wildman–Crippen LogP) is 3.51. The van der Waals surface area contributed by atoms with Gasteiger partial charge in [-0.1, -0.05) is 54.5 Å². The maximum absolute atomic E-state index is 12.6. The van der Waals surface area contributed by atoms with Gasteiger partial charge in [0.15, 0.2) is 0 Å². The van der Waals surface area contributed by atoms with Gasteiger partial charge in [0, 0.05) is 16.5 Å². The molecule has 96 valence electrons. The van der Waals surface area contributed by atoms with Gasteiger partial charge in [-0.3, -0.25) is 4.79 Å². The Balaban J connectivity index is 2.18. The van der Waals surface area contributed by atoms with Gasteiger partial charge in [-0.25, -0.2) is 0 Å². The van der Waals surface area contributed by atoms with Crippen LogP contribution in [0.3, 0.4) is 0 Å². The molecule has 0 amide bonds. The number of benzene rings is 2. The second-order valence-corrected chi connectivity index (χ2v) is 4.57. The number of nitrogens with zero attached hydrogens (tertiary/aromatic N) is 1. The van der Waals surface area contributed by atoms with Gasteiger partial charge >= 0.3 is 0 Å². The second-order valence-electron chi connectivity index (χ2n) is 4.57. The van der Waals surface area contributed by atoms with Crippen LogP contribution in [-0.4, -0.2) is 10.4 Å². The summed E-state index contributed by atoms with van der Waals surface area (Å²) >= 11 is 0. The normalized spacial score (nSPS) is 10.3. The maximum atomic E-state index is 12.6. The van der Waals surface area contributed by atoms with Crippen LogP contribution in [0.25, 0.3) is 10.9 Å². The third-order valence-corrected chi connectivity index (χ3v) is 3.33. The highest BCUT2D eigenvalue weighted by Crippen LogP contribution is 2.22. The van der Waals surface area contributed by atoms with E-state index in [-0.39, 0.29) is 5.78 Å². The Morgan fingerprint density at radius 2 is 1.75 bits per heavy atom. The molecule has 1 aromatic heterocycles. The molecule has 0 N–H and O–H groups in total. The van der Waals surface area contributed by atoms with E-state index in [0.29, 0.717) is 17.8 Å². The molecule has 3 rings (SSSR count). The topological polar surface area (TPSA) is 22.0 Å². The highest BCUT2D eigenvalue weighted by molar-refractivity contribution is 6.10. The van der Waals surface area contributed by atoms with Crippen LogP contribution in [0.15, 0.2) is 60.7 Å². The number of aromatic nitrogens is 1. The molecule has 0 radical (unpaired) electrons. The number of fused-ring (bicyclic) bond motifs is 1. The van der Waals surface area contributed by atoms with Crippen LogP contribution in [0.5, 0.6) is 0 Å². The Kier molecular flexibility index (Phi) is 3.10. The molecule has 0 aliphatic carbocycles. The molecule has 0 spiro atoms. The van der Waals surface area contributed by atoms with Crippen molar-refractivity contribution in [2.75, 3.05) is 0 Å². The average molecular weight is 259 g/mol. The van der Waals surface area contributed by atoms with E-state index in [9.17, 15) is 4.79 Å². The Bertz CT molecular complexity index is 806. The molecule has 0 bridgehead atoms. The van der Waals surface area contributed by atoms with E-state index in [4.69, 9.17) is 6.42 Å². The highest BCUT2D eigenvalue weighted by atomic mass is 16.1. The fourth-order valence-electron chi connectivity index (χ4n) is 2.40. The minimum Gasteiger partial charge on any atom is -0.326 e. The summed E-state index contributed by atoms with van der Waals surface area (Å²) in [5, 5.41) is 1.03. The fourth-order valence-corrected chi connectivity index (χ4v) is 2.40. The summed E-state index contributed by atoms with van der Waals surface area (Å²) < 4.78 is 1.89. The Labute approximate surface area is 117 Å². The minimum absolute atomic E-state index is 0.00273. The standard InChI is InChI=1S/C18H13NO/c1-2-12-19-16-11-7-6-10-15(16)13-17(19)18(20)14-8-4-3-5-9-14/h1,3-11,13H,12H2. The molecule has 0 fully saturated rings. The van der Waals surface area contributed by atoms with Crippen molar-refractivity contribution in [1.82, 2.24) is 4.57 Å². The van der Waals surface area contributed by atoms with E-state index < -0.39 is 0 Å². The van der Waals surface area contributed by atoms with Crippen LogP contribution in [0.4, 0.5) is 0 Å². The molecule has 0 atom stereocenters. The quantitative estimate of drug-likeness (QED) is 0.521. The number of hydrogen-bond acceptors (Lipinski definition) is 1. The van der Waals surface area contributed by atoms with Crippen LogP contribution in [-0.2, 0) is 6.54 Å². The molecule has 2 heteroatoms. The van der Waals surface area contributed by atoms with Crippen molar-refractivity contribution >= 4 is 16.7 Å². The van der Waals surface area contributed by atoms with Crippen LogP contribution in [0, 0.1) is 12.3 Å². The Morgan fingerprint density at radius 3 is 2.50 bits per heavy atom. The molecule has 20 heavy (non-hydrogen) atoms. The monoisotopic (exact) mass is 259 g/mol. The molecule has 0 aliphatic heterocycles. The molecule has 0 aliphatic rings. The number of terminal acetylenes is 1. The summed E-state index contributed by atoms with van der Waals surface area (Å²) in [6.07, 6.45) is 5.44. The largest absolute Gasteiger partial charge is 0.326 e.